The van der Waals surface area contributed by atoms with E-state index in [1.165, 1.54) is 6.33 Å². The largest absolute Gasteiger partial charge is 0.398 e. The molecule has 10 heteroatoms. The number of aromatic nitrogens is 3. The normalized spacial score (nSPS) is 20.0. The Kier molecular flexibility index (Phi) is 7.60. The van der Waals surface area contributed by atoms with E-state index in [1.54, 1.807) is 35.0 Å². The van der Waals surface area contributed by atoms with Gasteiger partial charge in [0.05, 0.1) is 19.2 Å². The SMILES string of the molecule is CC(=O)N1CCC(=NC2CCOC2)C(=C(N)c2cccc(C(=O)Nc3ccc(Cn4cncn4)cc3)c2)C1. The number of amides is 2. The van der Waals surface area contributed by atoms with Crippen LogP contribution in [0.25, 0.3) is 5.70 Å². The van der Waals surface area contributed by atoms with E-state index < -0.39 is 0 Å². The molecule has 5 rings (SSSR count). The highest BCUT2D eigenvalue weighted by atomic mass is 16.5. The average Bonchev–Trinajstić information content (AvgIpc) is 3.64. The molecule has 0 bridgehead atoms. The Morgan fingerprint density at radius 1 is 1.18 bits per heavy atom. The lowest BCUT2D eigenvalue weighted by Gasteiger charge is -2.30. The van der Waals surface area contributed by atoms with E-state index in [1.807, 2.05) is 36.4 Å². The summed E-state index contributed by atoms with van der Waals surface area (Å²) < 4.78 is 7.22. The maximum atomic E-state index is 13.1. The lowest BCUT2D eigenvalue weighted by molar-refractivity contribution is -0.128. The van der Waals surface area contributed by atoms with E-state index in [0.717, 1.165) is 28.8 Å². The third-order valence-electron chi connectivity index (χ3n) is 6.79. The third-order valence-corrected chi connectivity index (χ3v) is 6.79. The van der Waals surface area contributed by atoms with Crippen molar-refractivity contribution in [1.29, 1.82) is 0 Å². The van der Waals surface area contributed by atoms with Gasteiger partial charge in [0, 0.05) is 61.3 Å². The number of hydrogen-bond acceptors (Lipinski definition) is 7. The first-order chi connectivity index (χ1) is 18.5. The molecule has 2 aliphatic heterocycles. The highest BCUT2D eigenvalue weighted by molar-refractivity contribution is 6.09. The van der Waals surface area contributed by atoms with Crippen molar-refractivity contribution >= 4 is 28.9 Å². The lowest BCUT2D eigenvalue weighted by Crippen LogP contribution is -2.40. The summed E-state index contributed by atoms with van der Waals surface area (Å²) in [5.74, 6) is -0.237. The highest BCUT2D eigenvalue weighted by Crippen LogP contribution is 2.24. The number of hydrogen-bond donors (Lipinski definition) is 2. The summed E-state index contributed by atoms with van der Waals surface area (Å²) in [6.45, 7) is 4.47. The van der Waals surface area contributed by atoms with Crippen molar-refractivity contribution in [3.63, 3.8) is 0 Å². The Bertz CT molecular complexity index is 1360. The highest BCUT2D eigenvalue weighted by Gasteiger charge is 2.26. The molecular formula is C28H31N7O3. The average molecular weight is 514 g/mol. The molecule has 0 radical (unpaired) electrons. The molecule has 1 unspecified atom stereocenters. The Morgan fingerprint density at radius 3 is 2.71 bits per heavy atom. The first-order valence-electron chi connectivity index (χ1n) is 12.7. The molecule has 2 aliphatic rings. The molecule has 2 fully saturated rings. The quantitative estimate of drug-likeness (QED) is 0.522. The van der Waals surface area contributed by atoms with Gasteiger partial charge in [0.25, 0.3) is 5.91 Å². The smallest absolute Gasteiger partial charge is 0.255 e. The predicted molar refractivity (Wildman–Crippen MR) is 145 cm³/mol. The lowest BCUT2D eigenvalue weighted by atomic mass is 9.95. The summed E-state index contributed by atoms with van der Waals surface area (Å²) in [5, 5.41) is 7.06. The van der Waals surface area contributed by atoms with Crippen LogP contribution < -0.4 is 11.1 Å². The van der Waals surface area contributed by atoms with Crippen molar-refractivity contribution in [3.05, 3.63) is 83.4 Å². The Labute approximate surface area is 221 Å². The van der Waals surface area contributed by atoms with Crippen molar-refractivity contribution in [3.8, 4) is 0 Å². The second kappa shape index (κ2) is 11.4. The number of ether oxygens (including phenoxy) is 1. The summed E-state index contributed by atoms with van der Waals surface area (Å²) in [6.07, 6.45) is 4.67. The Hall–Kier alpha value is -4.31. The molecule has 3 heterocycles. The molecule has 196 valence electrons. The van der Waals surface area contributed by atoms with Gasteiger partial charge < -0.3 is 20.7 Å². The molecule has 1 atom stereocenters. The van der Waals surface area contributed by atoms with Crippen LogP contribution in [-0.4, -0.2) is 69.5 Å². The van der Waals surface area contributed by atoms with E-state index >= 15 is 0 Å². The van der Waals surface area contributed by atoms with E-state index in [-0.39, 0.29) is 17.9 Å². The van der Waals surface area contributed by atoms with Crippen LogP contribution in [0.15, 0.2) is 71.8 Å². The number of benzene rings is 2. The van der Waals surface area contributed by atoms with Crippen LogP contribution in [0.4, 0.5) is 5.69 Å². The third kappa shape index (κ3) is 5.97. The van der Waals surface area contributed by atoms with Crippen molar-refractivity contribution in [2.75, 3.05) is 31.6 Å². The maximum absolute atomic E-state index is 13.1. The van der Waals surface area contributed by atoms with Crippen molar-refractivity contribution in [1.82, 2.24) is 19.7 Å². The van der Waals surface area contributed by atoms with Gasteiger partial charge in [-0.2, -0.15) is 5.10 Å². The van der Waals surface area contributed by atoms with Crippen LogP contribution in [0.1, 0.15) is 41.3 Å². The maximum Gasteiger partial charge on any atom is 0.255 e. The summed E-state index contributed by atoms with van der Waals surface area (Å²) >= 11 is 0. The van der Waals surface area contributed by atoms with E-state index in [2.05, 4.69) is 15.4 Å². The molecule has 3 aromatic rings. The van der Waals surface area contributed by atoms with E-state index in [0.29, 0.717) is 56.2 Å². The molecule has 3 N–H and O–H groups in total. The number of carbonyl (C=O) groups excluding carboxylic acids is 2. The summed E-state index contributed by atoms with van der Waals surface area (Å²) in [6, 6.07) is 14.9. The van der Waals surface area contributed by atoms with Gasteiger partial charge in [-0.15, -0.1) is 0 Å². The number of carbonyl (C=O) groups is 2. The van der Waals surface area contributed by atoms with Crippen LogP contribution in [-0.2, 0) is 16.1 Å². The fourth-order valence-electron chi connectivity index (χ4n) is 4.65. The van der Waals surface area contributed by atoms with Crippen molar-refractivity contribution in [2.45, 2.75) is 32.4 Å². The first-order valence-corrected chi connectivity index (χ1v) is 12.7. The number of piperidine rings is 1. The molecule has 38 heavy (non-hydrogen) atoms. The van der Waals surface area contributed by atoms with Gasteiger partial charge >= 0.3 is 0 Å². The number of nitrogens with two attached hydrogens (primary N) is 1. The number of aliphatic imine (C=N–C) groups is 1. The molecule has 0 saturated carbocycles. The second-order valence-corrected chi connectivity index (χ2v) is 9.50. The second-order valence-electron chi connectivity index (χ2n) is 9.50. The van der Waals surface area contributed by atoms with Gasteiger partial charge in [-0.05, 0) is 41.8 Å². The molecule has 2 saturated heterocycles. The standard InChI is InChI=1S/C28H31N7O3/c1-19(36)34-11-9-26(32-24-10-12-38-16-24)25(15-34)27(29)21-3-2-4-22(13-21)28(37)33-23-7-5-20(6-8-23)14-35-18-30-17-31-35/h2-8,13,17-18,24H,9-12,14-16,29H2,1H3,(H,33,37). The first kappa shape index (κ1) is 25.3. The fourth-order valence-corrected chi connectivity index (χ4v) is 4.65. The Balaban J connectivity index is 1.35. The minimum atomic E-state index is -0.236. The number of nitrogens with zero attached hydrogens (tertiary/aromatic N) is 5. The zero-order valence-electron chi connectivity index (χ0n) is 21.3. The molecule has 10 nitrogen and oxygen atoms in total. The fraction of sp³-hybridized carbons (Fsp3) is 0.321. The zero-order valence-corrected chi connectivity index (χ0v) is 21.3. The van der Waals surface area contributed by atoms with Crippen molar-refractivity contribution in [2.24, 2.45) is 10.7 Å². The number of anilines is 1. The monoisotopic (exact) mass is 513 g/mol. The zero-order chi connectivity index (χ0) is 26.5. The number of nitrogens with one attached hydrogen (secondary N) is 1. The Morgan fingerprint density at radius 2 is 2.00 bits per heavy atom. The molecule has 1 aromatic heterocycles. The number of rotatable bonds is 6. The van der Waals surface area contributed by atoms with Crippen LogP contribution >= 0.6 is 0 Å². The molecular weight excluding hydrogens is 482 g/mol. The summed E-state index contributed by atoms with van der Waals surface area (Å²) in [5.41, 5.74) is 11.9. The molecule has 0 aliphatic carbocycles. The minimum absolute atomic E-state index is 0.000939. The number of likely N-dealkylation sites (tertiary alicyclic amines) is 1. The molecule has 2 amide bonds. The van der Waals surface area contributed by atoms with Gasteiger partial charge in [0.15, 0.2) is 0 Å². The van der Waals surface area contributed by atoms with Crippen LogP contribution in [0.3, 0.4) is 0 Å². The summed E-state index contributed by atoms with van der Waals surface area (Å²) in [7, 11) is 0. The van der Waals surface area contributed by atoms with Crippen LogP contribution in [0.5, 0.6) is 0 Å². The van der Waals surface area contributed by atoms with Gasteiger partial charge in [-0.3, -0.25) is 14.6 Å². The van der Waals surface area contributed by atoms with Gasteiger partial charge in [0.2, 0.25) is 5.91 Å². The minimum Gasteiger partial charge on any atom is -0.398 e. The van der Waals surface area contributed by atoms with E-state index in [9.17, 15) is 9.59 Å². The van der Waals surface area contributed by atoms with Gasteiger partial charge in [-0.1, -0.05) is 24.3 Å². The van der Waals surface area contributed by atoms with Crippen molar-refractivity contribution < 1.29 is 14.3 Å². The van der Waals surface area contributed by atoms with Gasteiger partial charge in [0.1, 0.15) is 12.7 Å². The van der Waals surface area contributed by atoms with Gasteiger partial charge in [-0.25, -0.2) is 9.67 Å². The topological polar surface area (TPSA) is 128 Å². The molecule has 2 aromatic carbocycles. The van der Waals surface area contributed by atoms with Crippen LogP contribution in [0, 0.1) is 0 Å². The van der Waals surface area contributed by atoms with Crippen LogP contribution in [0.2, 0.25) is 0 Å². The summed E-state index contributed by atoms with van der Waals surface area (Å²) in [4.78, 5) is 35.8. The predicted octanol–water partition coefficient (Wildman–Crippen LogP) is 2.73. The van der Waals surface area contributed by atoms with E-state index in [4.69, 9.17) is 15.5 Å². The molecule has 0 spiro atoms.